The fourth-order valence-corrected chi connectivity index (χ4v) is 8.33. The number of unbranched alkanes of at least 4 members (excludes halogenated alkanes) is 1. The number of ether oxygens (including phenoxy) is 1. The van der Waals surface area contributed by atoms with Crippen LogP contribution in [-0.4, -0.2) is 58.0 Å². The zero-order chi connectivity index (χ0) is 29.3. The number of nitrogens with zero attached hydrogens (tertiary/aromatic N) is 3. The van der Waals surface area contributed by atoms with Crippen LogP contribution in [0.15, 0.2) is 42.6 Å². The van der Waals surface area contributed by atoms with Crippen LogP contribution in [0.5, 0.6) is 0 Å². The summed E-state index contributed by atoms with van der Waals surface area (Å²) in [6.45, 7) is 9.16. The van der Waals surface area contributed by atoms with Gasteiger partial charge >= 0.3 is 5.97 Å². The van der Waals surface area contributed by atoms with Gasteiger partial charge in [-0.15, -0.1) is 0 Å². The number of hydrogen-bond acceptors (Lipinski definition) is 3. The molecule has 3 aliphatic rings. The number of rotatable bonds is 9. The third kappa shape index (κ3) is 5.42. The Labute approximate surface area is 255 Å². The van der Waals surface area contributed by atoms with Crippen molar-refractivity contribution < 1.29 is 14.6 Å². The summed E-state index contributed by atoms with van der Waals surface area (Å²) in [5.41, 5.74) is 8.52. The molecule has 4 heterocycles. The second-order valence-electron chi connectivity index (χ2n) is 13.2. The van der Waals surface area contributed by atoms with Crippen molar-refractivity contribution in [2.45, 2.75) is 96.1 Å². The van der Waals surface area contributed by atoms with E-state index < -0.39 is 5.97 Å². The number of carboxylic acid groups (broad SMARTS) is 1. The topological polar surface area (TPSA) is 59.6 Å². The number of carbonyl (C=O) groups is 1. The van der Waals surface area contributed by atoms with Gasteiger partial charge in [-0.05, 0) is 86.7 Å². The molecule has 0 atom stereocenters. The number of benzene rings is 2. The minimum Gasteiger partial charge on any atom is -0.478 e. The summed E-state index contributed by atoms with van der Waals surface area (Å²) in [6, 6.07) is 12.8. The molecule has 2 fully saturated rings. The van der Waals surface area contributed by atoms with E-state index in [0.29, 0.717) is 17.4 Å². The Morgan fingerprint density at radius 2 is 1.74 bits per heavy atom. The quantitative estimate of drug-likeness (QED) is 0.202. The van der Waals surface area contributed by atoms with Gasteiger partial charge in [-0.25, -0.2) is 4.79 Å². The van der Waals surface area contributed by atoms with Crippen molar-refractivity contribution in [1.29, 1.82) is 0 Å². The van der Waals surface area contributed by atoms with Gasteiger partial charge in [0.25, 0.3) is 0 Å². The van der Waals surface area contributed by atoms with Gasteiger partial charge in [0, 0.05) is 54.3 Å². The number of piperidine rings is 1. The highest BCUT2D eigenvalue weighted by atomic mass is 16.5. The molecule has 228 valence electrons. The Kier molecular flexibility index (Phi) is 8.33. The van der Waals surface area contributed by atoms with Crippen LogP contribution >= 0.6 is 0 Å². The number of carboxylic acids is 1. The van der Waals surface area contributed by atoms with Crippen molar-refractivity contribution in [3.8, 4) is 11.3 Å². The van der Waals surface area contributed by atoms with Crippen molar-refractivity contribution >= 4 is 27.8 Å². The van der Waals surface area contributed by atoms with Gasteiger partial charge in [0.15, 0.2) is 0 Å². The van der Waals surface area contributed by atoms with Crippen molar-refractivity contribution in [1.82, 2.24) is 14.0 Å². The molecule has 7 rings (SSSR count). The van der Waals surface area contributed by atoms with Crippen LogP contribution < -0.4 is 0 Å². The molecule has 1 N–H and O–H groups in total. The first-order valence-corrected chi connectivity index (χ1v) is 17.0. The molecule has 6 nitrogen and oxygen atoms in total. The van der Waals surface area contributed by atoms with Crippen LogP contribution in [0, 0.1) is 0 Å². The zero-order valence-electron chi connectivity index (χ0n) is 25.8. The second kappa shape index (κ2) is 12.5. The normalized spacial score (nSPS) is 18.6. The lowest BCUT2D eigenvalue weighted by molar-refractivity contribution is 0.0697. The minimum atomic E-state index is -0.849. The third-order valence-electron chi connectivity index (χ3n) is 10.6. The predicted octanol–water partition coefficient (Wildman–Crippen LogP) is 8.41. The minimum absolute atomic E-state index is 0.382. The summed E-state index contributed by atoms with van der Waals surface area (Å²) in [6.07, 6.45) is 14.6. The van der Waals surface area contributed by atoms with Crippen LogP contribution in [0.2, 0.25) is 0 Å². The highest BCUT2D eigenvalue weighted by molar-refractivity contribution is 6.03. The summed E-state index contributed by atoms with van der Waals surface area (Å²) in [4.78, 5) is 14.6. The first-order valence-electron chi connectivity index (χ1n) is 17.0. The standard InChI is InChI=1S/C37H47N3O3/c1-2-3-22-43-23-21-38-19-15-26(16-20-38)32-25-39-17-8-18-40-33-24-28(37(41)42)13-14-30(33)34(27-9-5-4-6-10-27)36(40)31-12-7-11-29(32)35(31)39/h7,11-14,24-27H,2-6,8-10,15-23H2,1H3,(H,41,42). The van der Waals surface area contributed by atoms with Gasteiger partial charge in [-0.1, -0.05) is 56.9 Å². The summed E-state index contributed by atoms with van der Waals surface area (Å²) >= 11 is 0. The van der Waals surface area contributed by atoms with Crippen molar-refractivity contribution in [2.24, 2.45) is 0 Å². The molecule has 0 radical (unpaired) electrons. The van der Waals surface area contributed by atoms with Gasteiger partial charge in [-0.3, -0.25) is 0 Å². The average Bonchev–Trinajstić information content (AvgIpc) is 3.56. The fraction of sp³-hybridized carbons (Fsp3) is 0.541. The second-order valence-corrected chi connectivity index (χ2v) is 13.2. The third-order valence-corrected chi connectivity index (χ3v) is 10.6. The number of aryl methyl sites for hydroxylation is 2. The molecule has 0 spiro atoms. The highest BCUT2D eigenvalue weighted by Gasteiger charge is 2.31. The maximum atomic E-state index is 12.0. The van der Waals surface area contributed by atoms with E-state index in [0.717, 1.165) is 64.3 Å². The Hall–Kier alpha value is -3.09. The van der Waals surface area contributed by atoms with Crippen LogP contribution in [0.1, 0.15) is 104 Å². The molecule has 0 unspecified atom stereocenters. The van der Waals surface area contributed by atoms with Gasteiger partial charge < -0.3 is 23.9 Å². The van der Waals surface area contributed by atoms with Crippen LogP contribution in [0.25, 0.3) is 33.1 Å². The van der Waals surface area contributed by atoms with Gasteiger partial charge in [-0.2, -0.15) is 0 Å². The SMILES string of the molecule is CCCCOCCN1CCC(c2cn3c4c(cccc24)-c2c(C4CCCCC4)c4ccc(C(=O)O)cc4n2CCC3)CC1. The Bertz CT molecular complexity index is 1600. The maximum Gasteiger partial charge on any atom is 0.335 e. The highest BCUT2D eigenvalue weighted by Crippen LogP contribution is 2.47. The molecule has 2 aromatic carbocycles. The average molecular weight is 582 g/mol. The van der Waals surface area contributed by atoms with Crippen LogP contribution in [0.3, 0.4) is 0 Å². The van der Waals surface area contributed by atoms with Gasteiger partial charge in [0.2, 0.25) is 0 Å². The molecule has 2 aliphatic heterocycles. The first kappa shape index (κ1) is 28.7. The molecule has 1 aliphatic carbocycles. The summed E-state index contributed by atoms with van der Waals surface area (Å²) in [5, 5.41) is 12.5. The fourth-order valence-electron chi connectivity index (χ4n) is 8.33. The van der Waals surface area contributed by atoms with E-state index in [1.807, 2.05) is 12.1 Å². The van der Waals surface area contributed by atoms with Crippen molar-refractivity contribution in [3.63, 3.8) is 0 Å². The molecule has 43 heavy (non-hydrogen) atoms. The lowest BCUT2D eigenvalue weighted by Gasteiger charge is -2.31. The molecular weight excluding hydrogens is 534 g/mol. The molecule has 0 amide bonds. The number of hydrogen-bond donors (Lipinski definition) is 1. The van der Waals surface area contributed by atoms with Gasteiger partial charge in [0.05, 0.1) is 23.4 Å². The van der Waals surface area contributed by atoms with E-state index >= 15 is 0 Å². The monoisotopic (exact) mass is 581 g/mol. The Balaban J connectivity index is 1.27. The van der Waals surface area contributed by atoms with Crippen LogP contribution in [0.4, 0.5) is 0 Å². The van der Waals surface area contributed by atoms with E-state index in [1.165, 1.54) is 90.0 Å². The molecule has 2 aromatic heterocycles. The number of aromatic nitrogens is 2. The Morgan fingerprint density at radius 1 is 0.907 bits per heavy atom. The lowest BCUT2D eigenvalue weighted by Crippen LogP contribution is -2.35. The molecular formula is C37H47N3O3. The Morgan fingerprint density at radius 3 is 2.53 bits per heavy atom. The summed E-state index contributed by atoms with van der Waals surface area (Å²) in [5.74, 6) is 0.257. The molecule has 4 aromatic rings. The van der Waals surface area contributed by atoms with Crippen molar-refractivity contribution in [3.05, 3.63) is 59.3 Å². The zero-order valence-corrected chi connectivity index (χ0v) is 25.8. The molecule has 1 saturated carbocycles. The smallest absolute Gasteiger partial charge is 0.335 e. The van der Waals surface area contributed by atoms with E-state index in [-0.39, 0.29) is 0 Å². The number of likely N-dealkylation sites (tertiary alicyclic amines) is 1. The number of aromatic carboxylic acids is 1. The van der Waals surface area contributed by atoms with E-state index in [9.17, 15) is 9.90 Å². The summed E-state index contributed by atoms with van der Waals surface area (Å²) in [7, 11) is 0. The predicted molar refractivity (Wildman–Crippen MR) is 174 cm³/mol. The van der Waals surface area contributed by atoms with Crippen molar-refractivity contribution in [2.75, 3.05) is 32.8 Å². The molecule has 1 saturated heterocycles. The lowest BCUT2D eigenvalue weighted by atomic mass is 9.81. The largest absolute Gasteiger partial charge is 0.478 e. The molecule has 0 bridgehead atoms. The number of para-hydroxylation sites is 1. The van der Waals surface area contributed by atoms with Gasteiger partial charge in [0.1, 0.15) is 0 Å². The van der Waals surface area contributed by atoms with E-state index in [2.05, 4.69) is 51.4 Å². The first-order chi connectivity index (χ1) is 21.1. The maximum absolute atomic E-state index is 12.0. The molecule has 6 heteroatoms. The van der Waals surface area contributed by atoms with E-state index in [1.54, 1.807) is 0 Å². The van der Waals surface area contributed by atoms with Crippen LogP contribution in [-0.2, 0) is 17.8 Å². The van der Waals surface area contributed by atoms with E-state index in [4.69, 9.17) is 4.74 Å². The number of fused-ring (bicyclic) bond motifs is 4. The summed E-state index contributed by atoms with van der Waals surface area (Å²) < 4.78 is 10.9.